The molecule has 2 heterocycles. The Balaban J connectivity index is 2.28. The minimum atomic E-state index is 0.156. The Morgan fingerprint density at radius 1 is 1.47 bits per heavy atom. The van der Waals surface area contributed by atoms with Crippen molar-refractivity contribution in [3.63, 3.8) is 0 Å². The van der Waals surface area contributed by atoms with Crippen LogP contribution in [0.15, 0.2) is 6.07 Å². The third-order valence-corrected chi connectivity index (χ3v) is 3.51. The fourth-order valence-corrected chi connectivity index (χ4v) is 2.53. The number of anilines is 2. The van der Waals surface area contributed by atoms with Gasteiger partial charge in [0, 0.05) is 19.0 Å². The summed E-state index contributed by atoms with van der Waals surface area (Å²) in [5.41, 5.74) is 2.60. The van der Waals surface area contributed by atoms with Crippen molar-refractivity contribution in [3.8, 4) is 0 Å². The van der Waals surface area contributed by atoms with Crippen molar-refractivity contribution >= 4 is 11.6 Å². The summed E-state index contributed by atoms with van der Waals surface area (Å²) >= 11 is 0. The molecule has 0 aliphatic carbocycles. The highest BCUT2D eigenvalue weighted by atomic mass is 16.3. The lowest BCUT2D eigenvalue weighted by atomic mass is 10.0. The van der Waals surface area contributed by atoms with Crippen LogP contribution in [-0.2, 0) is 6.42 Å². The lowest BCUT2D eigenvalue weighted by molar-refractivity contribution is 0.239. The highest BCUT2D eigenvalue weighted by Crippen LogP contribution is 2.24. The molecule has 1 unspecified atom stereocenters. The van der Waals surface area contributed by atoms with E-state index >= 15 is 0 Å². The third-order valence-electron chi connectivity index (χ3n) is 3.51. The first kappa shape index (κ1) is 14.0. The van der Waals surface area contributed by atoms with E-state index in [1.807, 2.05) is 6.07 Å². The fraction of sp³-hybridized carbons (Fsp3) is 0.692. The van der Waals surface area contributed by atoms with Gasteiger partial charge in [-0.15, -0.1) is 0 Å². The molecule has 19 heavy (non-hydrogen) atoms. The number of nitrogens with one attached hydrogen (secondary N) is 1. The zero-order valence-corrected chi connectivity index (χ0v) is 11.5. The van der Waals surface area contributed by atoms with E-state index in [-0.39, 0.29) is 12.6 Å². The molecule has 1 atom stereocenters. The number of hydrazine groups is 1. The largest absolute Gasteiger partial charge is 0.394 e. The Morgan fingerprint density at radius 3 is 3.00 bits per heavy atom. The number of piperidine rings is 1. The van der Waals surface area contributed by atoms with Gasteiger partial charge in [-0.1, -0.05) is 6.92 Å². The van der Waals surface area contributed by atoms with Crippen molar-refractivity contribution in [1.29, 1.82) is 0 Å². The van der Waals surface area contributed by atoms with Crippen molar-refractivity contribution in [1.82, 2.24) is 9.97 Å². The van der Waals surface area contributed by atoms with Crippen LogP contribution in [0.2, 0.25) is 0 Å². The average molecular weight is 265 g/mol. The lowest BCUT2D eigenvalue weighted by Gasteiger charge is -2.35. The third kappa shape index (κ3) is 3.33. The minimum Gasteiger partial charge on any atom is -0.394 e. The predicted molar refractivity (Wildman–Crippen MR) is 75.9 cm³/mol. The van der Waals surface area contributed by atoms with E-state index in [2.05, 4.69) is 27.2 Å². The number of nitrogens with zero attached hydrogens (tertiary/aromatic N) is 3. The van der Waals surface area contributed by atoms with Crippen molar-refractivity contribution in [2.75, 3.05) is 23.5 Å². The van der Waals surface area contributed by atoms with Crippen LogP contribution in [-0.4, -0.2) is 34.3 Å². The second-order valence-corrected chi connectivity index (χ2v) is 4.95. The Kier molecular flexibility index (Phi) is 4.93. The number of hydrogen-bond acceptors (Lipinski definition) is 6. The Labute approximate surface area is 114 Å². The second kappa shape index (κ2) is 6.68. The standard InChI is InChI=1S/C13H23N5O/c1-2-5-11-15-12(17-14)8-13(16-11)18-7-4-3-6-10(18)9-19/h8,10,19H,2-7,9,14H2,1H3,(H,15,16,17). The van der Waals surface area contributed by atoms with E-state index in [1.54, 1.807) is 0 Å². The van der Waals surface area contributed by atoms with Gasteiger partial charge in [0.25, 0.3) is 0 Å². The number of aromatic nitrogens is 2. The molecule has 1 aromatic rings. The molecule has 1 fully saturated rings. The zero-order valence-electron chi connectivity index (χ0n) is 11.5. The van der Waals surface area contributed by atoms with E-state index in [1.165, 1.54) is 0 Å². The Morgan fingerprint density at radius 2 is 2.32 bits per heavy atom. The van der Waals surface area contributed by atoms with Gasteiger partial charge in [-0.05, 0) is 25.7 Å². The van der Waals surface area contributed by atoms with Gasteiger partial charge in [0.2, 0.25) is 0 Å². The lowest BCUT2D eigenvalue weighted by Crippen LogP contribution is -2.42. The van der Waals surface area contributed by atoms with Crippen molar-refractivity contribution in [2.45, 2.75) is 45.1 Å². The van der Waals surface area contributed by atoms with Gasteiger partial charge in [-0.25, -0.2) is 15.8 Å². The van der Waals surface area contributed by atoms with Crippen LogP contribution in [0.4, 0.5) is 11.6 Å². The summed E-state index contributed by atoms with van der Waals surface area (Å²) in [4.78, 5) is 11.1. The maximum Gasteiger partial charge on any atom is 0.145 e. The molecular formula is C13H23N5O. The number of nitrogen functional groups attached to an aromatic ring is 1. The second-order valence-electron chi connectivity index (χ2n) is 4.95. The first-order valence-corrected chi connectivity index (χ1v) is 7.00. The number of nitrogens with two attached hydrogens (primary N) is 1. The molecule has 0 aromatic carbocycles. The van der Waals surface area contributed by atoms with E-state index in [4.69, 9.17) is 5.84 Å². The zero-order chi connectivity index (χ0) is 13.7. The highest BCUT2D eigenvalue weighted by molar-refractivity contribution is 5.50. The van der Waals surface area contributed by atoms with Crippen LogP contribution in [0.5, 0.6) is 0 Å². The van der Waals surface area contributed by atoms with Gasteiger partial charge in [-0.3, -0.25) is 0 Å². The van der Waals surface area contributed by atoms with Crippen LogP contribution < -0.4 is 16.2 Å². The molecule has 6 heteroatoms. The van der Waals surface area contributed by atoms with Crippen molar-refractivity contribution < 1.29 is 5.11 Å². The van der Waals surface area contributed by atoms with Gasteiger partial charge in [0.15, 0.2) is 0 Å². The molecule has 6 nitrogen and oxygen atoms in total. The van der Waals surface area contributed by atoms with Crippen LogP contribution in [0.1, 0.15) is 38.4 Å². The first-order chi connectivity index (χ1) is 9.28. The van der Waals surface area contributed by atoms with Crippen LogP contribution >= 0.6 is 0 Å². The maximum atomic E-state index is 9.50. The van der Waals surface area contributed by atoms with E-state index < -0.39 is 0 Å². The number of rotatable bonds is 5. The summed E-state index contributed by atoms with van der Waals surface area (Å²) in [6.45, 7) is 3.19. The molecule has 1 saturated heterocycles. The van der Waals surface area contributed by atoms with Crippen molar-refractivity contribution in [3.05, 3.63) is 11.9 Å². The van der Waals surface area contributed by atoms with Gasteiger partial charge < -0.3 is 15.4 Å². The number of aliphatic hydroxyl groups excluding tert-OH is 1. The van der Waals surface area contributed by atoms with E-state index in [9.17, 15) is 5.11 Å². The Hall–Kier alpha value is -1.40. The summed E-state index contributed by atoms with van der Waals surface area (Å²) in [5.74, 6) is 7.77. The molecule has 106 valence electrons. The molecule has 0 spiro atoms. The number of hydrogen-bond donors (Lipinski definition) is 3. The predicted octanol–water partition coefficient (Wildman–Crippen LogP) is 1.07. The number of aliphatic hydroxyl groups is 1. The normalized spacial score (nSPS) is 19.5. The summed E-state index contributed by atoms with van der Waals surface area (Å²) in [6.07, 6.45) is 5.14. The molecule has 0 saturated carbocycles. The van der Waals surface area contributed by atoms with Gasteiger partial charge in [-0.2, -0.15) is 0 Å². The summed E-state index contributed by atoms with van der Waals surface area (Å²) in [7, 11) is 0. The fourth-order valence-electron chi connectivity index (χ4n) is 2.53. The molecular weight excluding hydrogens is 242 g/mol. The molecule has 1 aliphatic rings. The molecule has 1 aliphatic heterocycles. The molecule has 0 bridgehead atoms. The van der Waals surface area contributed by atoms with E-state index in [0.717, 1.165) is 50.3 Å². The van der Waals surface area contributed by atoms with Crippen LogP contribution in [0.25, 0.3) is 0 Å². The quantitative estimate of drug-likeness (QED) is 0.545. The summed E-state index contributed by atoms with van der Waals surface area (Å²) < 4.78 is 0. The first-order valence-electron chi connectivity index (χ1n) is 7.00. The highest BCUT2D eigenvalue weighted by Gasteiger charge is 2.23. The monoisotopic (exact) mass is 265 g/mol. The average Bonchev–Trinajstić information content (AvgIpc) is 2.47. The maximum absolute atomic E-state index is 9.50. The van der Waals surface area contributed by atoms with Crippen LogP contribution in [0, 0.1) is 0 Å². The number of aryl methyl sites for hydroxylation is 1. The van der Waals surface area contributed by atoms with Gasteiger partial charge >= 0.3 is 0 Å². The van der Waals surface area contributed by atoms with Gasteiger partial charge in [0.05, 0.1) is 12.6 Å². The van der Waals surface area contributed by atoms with Crippen molar-refractivity contribution in [2.24, 2.45) is 5.84 Å². The topological polar surface area (TPSA) is 87.3 Å². The van der Waals surface area contributed by atoms with Gasteiger partial charge in [0.1, 0.15) is 17.5 Å². The molecule has 0 radical (unpaired) electrons. The summed E-state index contributed by atoms with van der Waals surface area (Å²) in [6, 6.07) is 2.01. The molecule has 4 N–H and O–H groups in total. The van der Waals surface area contributed by atoms with Crippen LogP contribution in [0.3, 0.4) is 0 Å². The van der Waals surface area contributed by atoms with E-state index in [0.29, 0.717) is 5.82 Å². The molecule has 1 aromatic heterocycles. The SMILES string of the molecule is CCCc1nc(NN)cc(N2CCCCC2CO)n1. The molecule has 2 rings (SSSR count). The summed E-state index contributed by atoms with van der Waals surface area (Å²) in [5, 5.41) is 9.50. The minimum absolute atomic E-state index is 0.156. The Bertz CT molecular complexity index is 412. The smallest absolute Gasteiger partial charge is 0.145 e. The molecule has 0 amide bonds.